The molecule has 1 saturated carbocycles. The lowest BCUT2D eigenvalue weighted by molar-refractivity contribution is -0.203. The molecule has 2 bridgehead atoms. The van der Waals surface area contributed by atoms with Crippen molar-refractivity contribution in [2.24, 2.45) is 11.3 Å². The Morgan fingerprint density at radius 3 is 2.56 bits per heavy atom. The topological polar surface area (TPSA) is 171 Å². The van der Waals surface area contributed by atoms with Crippen LogP contribution >= 0.6 is 0 Å². The molecule has 3 fully saturated rings. The summed E-state index contributed by atoms with van der Waals surface area (Å²) < 4.78 is 12.3. The first-order valence-corrected chi connectivity index (χ1v) is 21.6. The third-order valence-electron chi connectivity index (χ3n) is 15.8. The predicted octanol–water partition coefficient (Wildman–Crippen LogP) is 2.75. The number of aromatic nitrogens is 1. The Balaban J connectivity index is 1.34. The Kier molecular flexibility index (Phi) is 9.80. The zero-order valence-electron chi connectivity index (χ0n) is 35.1. The van der Waals surface area contributed by atoms with Gasteiger partial charge in [0.05, 0.1) is 25.9 Å². The van der Waals surface area contributed by atoms with Crippen molar-refractivity contribution in [1.29, 1.82) is 0 Å². The summed E-state index contributed by atoms with van der Waals surface area (Å²) in [6.45, 7) is 7.39. The number of fused-ring (bicyclic) bond motifs is 6. The molecule has 5 aliphatic heterocycles. The van der Waals surface area contributed by atoms with Crippen molar-refractivity contribution in [1.82, 2.24) is 20.1 Å². The zero-order chi connectivity index (χ0) is 41.7. The molecule has 1 aromatic heterocycles. The summed E-state index contributed by atoms with van der Waals surface area (Å²) >= 11 is 0. The molecular formula is C46H61N5O8. The van der Waals surface area contributed by atoms with E-state index in [1.54, 1.807) is 7.11 Å². The smallest absolute Gasteiger partial charge is 0.322 e. The average molecular weight is 812 g/mol. The van der Waals surface area contributed by atoms with Crippen molar-refractivity contribution in [3.63, 3.8) is 0 Å². The molecule has 6 unspecified atom stereocenters. The Hall–Kier alpha value is -3.98. The van der Waals surface area contributed by atoms with Crippen LogP contribution in [0.25, 0.3) is 10.9 Å². The van der Waals surface area contributed by atoms with Gasteiger partial charge in [-0.1, -0.05) is 44.2 Å². The Bertz CT molecular complexity index is 2190. The van der Waals surface area contributed by atoms with Gasteiger partial charge in [0.1, 0.15) is 17.3 Å². The van der Waals surface area contributed by atoms with E-state index in [9.17, 15) is 25.2 Å². The number of methoxy groups -OCH3 is 2. The number of hydrogen-bond donors (Lipinski definition) is 6. The van der Waals surface area contributed by atoms with Gasteiger partial charge in [-0.3, -0.25) is 19.4 Å². The molecule has 9 rings (SSSR count). The molecule has 1 spiro atoms. The standard InChI is InChI=1S/C46H61N5O8/c1-6-42(56)24-28-25-45(41(55)59-5,36-30(14-19-50(26-28)27-42)29-12-8-9-13-33(29)48-36)32-22-31-34(23-35(32)58-4)49(3)38-44(31)16-20-51-18-10-15-43(7-2,37(44)51)39(53)46(38,57)40(54)47-17-11-21-52/h8-10,12-13,15,22-23,28,37-39,48,52-53,56-57H,6-7,11,14,16-21,24-27H2,1-5H3,(H,47,54)/t28?,37?,38?,39-,42?,43-,44?,45+,46+/m1/s1. The molecule has 318 valence electrons. The van der Waals surface area contributed by atoms with Crippen molar-refractivity contribution in [2.45, 2.75) is 99.0 Å². The van der Waals surface area contributed by atoms with Gasteiger partial charge >= 0.3 is 5.97 Å². The zero-order valence-corrected chi connectivity index (χ0v) is 35.1. The number of aliphatic hydroxyl groups excluding tert-OH is 2. The van der Waals surface area contributed by atoms with Crippen molar-refractivity contribution in [3.05, 3.63) is 70.9 Å². The molecule has 10 atom stereocenters. The number of ether oxygens (including phenoxy) is 2. The maximum atomic E-state index is 15.3. The van der Waals surface area contributed by atoms with Gasteiger partial charge in [0.25, 0.3) is 5.91 Å². The van der Waals surface area contributed by atoms with Crippen LogP contribution in [0.3, 0.4) is 0 Å². The lowest BCUT2D eigenvalue weighted by atomic mass is 9.47. The first-order chi connectivity index (χ1) is 28.3. The summed E-state index contributed by atoms with van der Waals surface area (Å²) in [5.41, 5.74) is -1.47. The van der Waals surface area contributed by atoms with Gasteiger partial charge in [0.2, 0.25) is 0 Å². The fourth-order valence-electron chi connectivity index (χ4n) is 13.5. The number of H-pyrrole nitrogens is 1. The van der Waals surface area contributed by atoms with E-state index in [1.165, 1.54) is 7.11 Å². The average Bonchev–Trinajstić information content (AvgIpc) is 3.90. The van der Waals surface area contributed by atoms with Crippen LogP contribution < -0.4 is 15.0 Å². The number of nitrogens with zero attached hydrogens (tertiary/aromatic N) is 3. The number of benzene rings is 2. The molecule has 2 saturated heterocycles. The van der Waals surface area contributed by atoms with Crippen molar-refractivity contribution in [3.8, 4) is 5.75 Å². The van der Waals surface area contributed by atoms with Crippen LogP contribution in [0.1, 0.15) is 74.8 Å². The van der Waals surface area contributed by atoms with E-state index < -0.39 is 51.5 Å². The molecule has 0 radical (unpaired) electrons. The van der Waals surface area contributed by atoms with Crippen LogP contribution in [-0.4, -0.2) is 144 Å². The van der Waals surface area contributed by atoms with Crippen molar-refractivity contribution >= 4 is 28.5 Å². The van der Waals surface area contributed by atoms with Crippen molar-refractivity contribution < 1.29 is 39.5 Å². The monoisotopic (exact) mass is 811 g/mol. The van der Waals surface area contributed by atoms with E-state index in [0.29, 0.717) is 89.0 Å². The first kappa shape index (κ1) is 40.4. The Labute approximate surface area is 346 Å². The van der Waals surface area contributed by atoms with E-state index in [4.69, 9.17) is 9.47 Å². The number of esters is 1. The maximum absolute atomic E-state index is 15.3. The molecule has 13 heteroatoms. The first-order valence-electron chi connectivity index (χ1n) is 21.6. The summed E-state index contributed by atoms with van der Waals surface area (Å²) in [5, 5.41) is 51.3. The van der Waals surface area contributed by atoms with Gasteiger partial charge < -0.3 is 45.1 Å². The predicted molar refractivity (Wildman–Crippen MR) is 224 cm³/mol. The number of hydrogen-bond acceptors (Lipinski definition) is 11. The maximum Gasteiger partial charge on any atom is 0.322 e. The number of aliphatic hydroxyl groups is 4. The third kappa shape index (κ3) is 5.37. The van der Waals surface area contributed by atoms with E-state index in [-0.39, 0.29) is 25.1 Å². The summed E-state index contributed by atoms with van der Waals surface area (Å²) in [6, 6.07) is 11.0. The summed E-state index contributed by atoms with van der Waals surface area (Å²) in [4.78, 5) is 40.4. The summed E-state index contributed by atoms with van der Waals surface area (Å²) in [7, 11) is 4.92. The fraction of sp³-hybridized carbons (Fsp3) is 0.609. The number of carbonyl (C=O) groups is 2. The molecular weight excluding hydrogens is 751 g/mol. The van der Waals surface area contributed by atoms with Crippen LogP contribution in [0.2, 0.25) is 0 Å². The number of likely N-dealkylation sites (N-methyl/N-ethyl adjacent to an activating group) is 1. The lowest BCUT2D eigenvalue weighted by Crippen LogP contribution is -2.81. The normalized spacial score (nSPS) is 37.1. The number of aromatic amines is 1. The number of carbonyl (C=O) groups excluding carboxylic acids is 2. The van der Waals surface area contributed by atoms with Crippen LogP contribution in [0, 0.1) is 11.3 Å². The van der Waals surface area contributed by atoms with Gasteiger partial charge in [-0.25, -0.2) is 0 Å². The number of para-hydroxylation sites is 1. The fourth-order valence-corrected chi connectivity index (χ4v) is 13.5. The number of amides is 1. The minimum atomic E-state index is -2.26. The molecule has 1 amide bonds. The molecule has 3 aromatic rings. The molecule has 1 aliphatic carbocycles. The summed E-state index contributed by atoms with van der Waals surface area (Å²) in [6.07, 6.45) is 6.10. The molecule has 2 aromatic carbocycles. The lowest BCUT2D eigenvalue weighted by Gasteiger charge is -2.63. The highest BCUT2D eigenvalue weighted by Gasteiger charge is 2.78. The van der Waals surface area contributed by atoms with E-state index in [1.807, 2.05) is 56.1 Å². The highest BCUT2D eigenvalue weighted by atomic mass is 16.5. The number of piperidine rings is 1. The second-order valence-electron chi connectivity index (χ2n) is 18.5. The second-order valence-corrected chi connectivity index (χ2v) is 18.5. The van der Waals surface area contributed by atoms with Gasteiger partial charge in [-0.15, -0.1) is 0 Å². The third-order valence-corrected chi connectivity index (χ3v) is 15.8. The quantitative estimate of drug-likeness (QED) is 0.107. The number of nitrogens with one attached hydrogen (secondary N) is 2. The van der Waals surface area contributed by atoms with Gasteiger partial charge in [0.15, 0.2) is 5.60 Å². The minimum absolute atomic E-state index is 0.0903. The number of rotatable bonds is 9. The van der Waals surface area contributed by atoms with Crippen LogP contribution in [0.15, 0.2) is 48.6 Å². The SMILES string of the molecule is CCC1(O)CC2CN(CCc3c([nH]c4ccccc34)[C@@](C(=O)OC)(c3cc4c(cc3OC)N(C)C3C45CCN4CC=C[C@](CC)(C45)[C@@H](O)[C@]3(O)C(=O)NCCCO)C2)C1. The molecule has 6 N–H and O–H groups in total. The minimum Gasteiger partial charge on any atom is -0.496 e. The van der Waals surface area contributed by atoms with E-state index >= 15 is 4.79 Å². The van der Waals surface area contributed by atoms with Crippen molar-refractivity contribution in [2.75, 3.05) is 72.0 Å². The van der Waals surface area contributed by atoms with E-state index in [0.717, 1.165) is 33.4 Å². The highest BCUT2D eigenvalue weighted by Crippen LogP contribution is 2.67. The molecule has 6 aliphatic rings. The Morgan fingerprint density at radius 1 is 1.03 bits per heavy atom. The second kappa shape index (κ2) is 14.3. The van der Waals surface area contributed by atoms with Crippen LogP contribution in [0.4, 0.5) is 5.69 Å². The van der Waals surface area contributed by atoms with Gasteiger partial charge in [-0.2, -0.15) is 0 Å². The number of anilines is 1. The van der Waals surface area contributed by atoms with Gasteiger partial charge in [0, 0.05) is 97.2 Å². The molecule has 6 heterocycles. The van der Waals surface area contributed by atoms with Gasteiger partial charge in [-0.05, 0) is 80.7 Å². The summed E-state index contributed by atoms with van der Waals surface area (Å²) in [5.74, 6) is -0.727. The Morgan fingerprint density at radius 2 is 1.83 bits per heavy atom. The van der Waals surface area contributed by atoms with Crippen LogP contribution in [0.5, 0.6) is 5.75 Å². The highest BCUT2D eigenvalue weighted by molar-refractivity contribution is 5.95. The molecule has 13 nitrogen and oxygen atoms in total. The van der Waals surface area contributed by atoms with Crippen LogP contribution in [-0.2, 0) is 31.6 Å². The van der Waals surface area contributed by atoms with E-state index in [2.05, 4.69) is 38.3 Å². The molecule has 59 heavy (non-hydrogen) atoms. The largest absolute Gasteiger partial charge is 0.496 e.